The number of anilines is 1. The van der Waals surface area contributed by atoms with Gasteiger partial charge in [0.05, 0.1) is 29.7 Å². The van der Waals surface area contributed by atoms with Crippen LogP contribution in [0.15, 0.2) is 40.2 Å². The van der Waals surface area contributed by atoms with Gasteiger partial charge in [-0.1, -0.05) is 0 Å². The number of nitrogens with zero attached hydrogens (tertiary/aromatic N) is 5. The lowest BCUT2D eigenvalue weighted by molar-refractivity contribution is -0.137. The zero-order valence-electron chi connectivity index (χ0n) is 21.6. The molecule has 0 saturated heterocycles. The molecule has 3 N–H and O–H groups in total. The van der Waals surface area contributed by atoms with Crippen LogP contribution >= 0.6 is 0 Å². The summed E-state index contributed by atoms with van der Waals surface area (Å²) in [5, 5.41) is 33.0. The number of aromatic nitrogens is 4. The van der Waals surface area contributed by atoms with Crippen LogP contribution in [-0.4, -0.2) is 46.5 Å². The first-order valence-corrected chi connectivity index (χ1v) is 12.1. The second-order valence-electron chi connectivity index (χ2n) is 9.72. The van der Waals surface area contributed by atoms with Crippen LogP contribution in [0.2, 0.25) is 0 Å². The van der Waals surface area contributed by atoms with Crippen molar-refractivity contribution in [1.82, 2.24) is 18.7 Å². The summed E-state index contributed by atoms with van der Waals surface area (Å²) in [5.74, 6) is -2.52. The van der Waals surface area contributed by atoms with Gasteiger partial charge in [-0.2, -0.15) is 18.4 Å². The summed E-state index contributed by atoms with van der Waals surface area (Å²) in [6, 6.07) is 5.28. The number of imidazole rings is 1. The third-order valence-corrected chi connectivity index (χ3v) is 6.48. The van der Waals surface area contributed by atoms with Crippen LogP contribution in [0.5, 0.6) is 0 Å². The molecule has 14 heteroatoms. The summed E-state index contributed by atoms with van der Waals surface area (Å²) in [7, 11) is 3.16. The van der Waals surface area contributed by atoms with Gasteiger partial charge in [0, 0.05) is 32.7 Å². The van der Waals surface area contributed by atoms with E-state index in [1.165, 1.54) is 29.4 Å². The van der Waals surface area contributed by atoms with Gasteiger partial charge in [-0.05, 0) is 50.5 Å². The molecule has 2 aromatic heterocycles. The van der Waals surface area contributed by atoms with Crippen LogP contribution in [0.1, 0.15) is 38.2 Å². The van der Waals surface area contributed by atoms with Crippen molar-refractivity contribution in [2.24, 2.45) is 20.0 Å². The summed E-state index contributed by atoms with van der Waals surface area (Å²) >= 11 is 0. The SMILES string of the molecule is Cn1cnc2c1c(=O)n(CCCCC(C)(O)CC(O)C(C#N)C(=O)Nc1ccc(C(F)(F)F)cc1)c(=O)n2C. The van der Waals surface area contributed by atoms with Gasteiger partial charge < -0.3 is 20.1 Å². The largest absolute Gasteiger partial charge is 0.416 e. The van der Waals surface area contributed by atoms with Crippen LogP contribution in [-0.2, 0) is 31.6 Å². The standard InChI is InChI=1S/C25H29F3N6O5/c1-24(39,10-4-5-11-34-22(37)19-20(30-14-32(19)2)33(3)23(34)38)12-18(35)17(13-29)21(36)31-16-8-6-15(7-9-16)25(26,27)28/h6-9,14,17-18,35,39H,4-5,10-12H2,1-3H3,(H,31,36). The van der Waals surface area contributed by atoms with E-state index in [2.05, 4.69) is 10.3 Å². The first kappa shape index (κ1) is 29.6. The number of nitrogens with one attached hydrogen (secondary N) is 1. The van der Waals surface area contributed by atoms with Crippen LogP contribution in [0, 0.1) is 17.2 Å². The number of amides is 1. The first-order valence-electron chi connectivity index (χ1n) is 12.1. The fourth-order valence-corrected chi connectivity index (χ4v) is 4.32. The molecule has 3 rings (SSSR count). The molecule has 210 valence electrons. The number of hydrogen-bond acceptors (Lipinski definition) is 7. The molecule has 0 fully saturated rings. The predicted molar refractivity (Wildman–Crippen MR) is 134 cm³/mol. The molecule has 0 spiro atoms. The monoisotopic (exact) mass is 550 g/mol. The summed E-state index contributed by atoms with van der Waals surface area (Å²) in [6.45, 7) is 1.51. The van der Waals surface area contributed by atoms with Crippen molar-refractivity contribution in [3.8, 4) is 6.07 Å². The Hall–Kier alpha value is -3.96. The third kappa shape index (κ3) is 6.73. The molecule has 1 amide bonds. The Kier molecular flexibility index (Phi) is 8.67. The van der Waals surface area contributed by atoms with E-state index in [1.807, 2.05) is 0 Å². The molecule has 0 bridgehead atoms. The van der Waals surface area contributed by atoms with E-state index in [0.29, 0.717) is 12.8 Å². The molecule has 2 heterocycles. The third-order valence-electron chi connectivity index (χ3n) is 6.48. The molecule has 0 radical (unpaired) electrons. The van der Waals surface area contributed by atoms with Gasteiger partial charge in [0.25, 0.3) is 5.56 Å². The minimum absolute atomic E-state index is 0.0120. The van der Waals surface area contributed by atoms with Gasteiger partial charge in [0.15, 0.2) is 17.1 Å². The average Bonchev–Trinajstić information content (AvgIpc) is 3.23. The molecule has 11 nitrogen and oxygen atoms in total. The number of carbonyl (C=O) groups excluding carboxylic acids is 1. The molecule has 39 heavy (non-hydrogen) atoms. The number of halogens is 3. The van der Waals surface area contributed by atoms with E-state index in [9.17, 15) is 43.0 Å². The normalized spacial score (nSPS) is 14.9. The first-order chi connectivity index (χ1) is 18.2. The highest BCUT2D eigenvalue weighted by molar-refractivity contribution is 5.94. The number of nitriles is 1. The van der Waals surface area contributed by atoms with Gasteiger partial charge in [-0.15, -0.1) is 0 Å². The highest BCUT2D eigenvalue weighted by Gasteiger charge is 2.34. The molecule has 1 aromatic carbocycles. The molecule has 0 aliphatic carbocycles. The van der Waals surface area contributed by atoms with Crippen molar-refractivity contribution in [1.29, 1.82) is 5.26 Å². The van der Waals surface area contributed by atoms with E-state index in [0.717, 1.165) is 28.8 Å². The second-order valence-corrected chi connectivity index (χ2v) is 9.72. The summed E-state index contributed by atoms with van der Waals surface area (Å²) < 4.78 is 42.0. The number of aliphatic hydroxyl groups is 2. The quantitative estimate of drug-likeness (QED) is 0.326. The number of rotatable bonds is 10. The highest BCUT2D eigenvalue weighted by atomic mass is 19.4. The van der Waals surface area contributed by atoms with Gasteiger partial charge >= 0.3 is 11.9 Å². The Morgan fingerprint density at radius 3 is 2.41 bits per heavy atom. The zero-order chi connectivity index (χ0) is 29.1. The van der Waals surface area contributed by atoms with Crippen molar-refractivity contribution in [2.45, 2.75) is 57.0 Å². The van der Waals surface area contributed by atoms with E-state index in [-0.39, 0.29) is 36.2 Å². The van der Waals surface area contributed by atoms with E-state index < -0.39 is 46.5 Å². The van der Waals surface area contributed by atoms with Crippen molar-refractivity contribution in [3.05, 3.63) is 57.0 Å². The van der Waals surface area contributed by atoms with Gasteiger partial charge in [0.2, 0.25) is 5.91 Å². The Bertz CT molecular complexity index is 1500. The summed E-state index contributed by atoms with van der Waals surface area (Å²) in [6.07, 6.45) is -4.18. The number of carbonyl (C=O) groups is 1. The molecular formula is C25H29F3N6O5. The number of unbranched alkanes of at least 4 members (excludes halogenated alkanes) is 1. The fraction of sp³-hybridized carbons (Fsp3) is 0.480. The molecule has 3 atom stereocenters. The zero-order valence-corrected chi connectivity index (χ0v) is 21.6. The fourth-order valence-electron chi connectivity index (χ4n) is 4.32. The van der Waals surface area contributed by atoms with Crippen LogP contribution in [0.25, 0.3) is 11.2 Å². The van der Waals surface area contributed by atoms with Gasteiger partial charge in [-0.3, -0.25) is 18.7 Å². The smallest absolute Gasteiger partial charge is 0.391 e. The maximum atomic E-state index is 12.8. The van der Waals surface area contributed by atoms with Crippen molar-refractivity contribution < 1.29 is 28.2 Å². The van der Waals surface area contributed by atoms with Crippen LogP contribution in [0.3, 0.4) is 0 Å². The molecule has 0 saturated carbocycles. The minimum atomic E-state index is -4.54. The second kappa shape index (κ2) is 11.4. The molecule has 0 aliphatic rings. The summed E-state index contributed by atoms with van der Waals surface area (Å²) in [4.78, 5) is 41.9. The van der Waals surface area contributed by atoms with E-state index >= 15 is 0 Å². The van der Waals surface area contributed by atoms with E-state index in [4.69, 9.17) is 0 Å². The highest BCUT2D eigenvalue weighted by Crippen LogP contribution is 2.30. The minimum Gasteiger partial charge on any atom is -0.391 e. The topological polar surface area (TPSA) is 155 Å². The van der Waals surface area contributed by atoms with Crippen molar-refractivity contribution >= 4 is 22.8 Å². The lowest BCUT2D eigenvalue weighted by Crippen LogP contribution is -2.40. The number of benzene rings is 1. The molecule has 0 aliphatic heterocycles. The van der Waals surface area contributed by atoms with Crippen molar-refractivity contribution in [2.75, 3.05) is 5.32 Å². The molecule has 3 unspecified atom stereocenters. The van der Waals surface area contributed by atoms with Crippen molar-refractivity contribution in [3.63, 3.8) is 0 Å². The van der Waals surface area contributed by atoms with E-state index in [1.54, 1.807) is 13.1 Å². The Morgan fingerprint density at radius 2 is 1.82 bits per heavy atom. The Balaban J connectivity index is 1.57. The number of hydrogen-bond donors (Lipinski definition) is 3. The number of aliphatic hydroxyl groups excluding tert-OH is 1. The lowest BCUT2D eigenvalue weighted by Gasteiger charge is -2.27. The van der Waals surface area contributed by atoms with Gasteiger partial charge in [0.1, 0.15) is 0 Å². The molecule has 3 aromatic rings. The number of aryl methyl sites for hydroxylation is 2. The van der Waals surface area contributed by atoms with Gasteiger partial charge in [-0.25, -0.2) is 9.78 Å². The number of fused-ring (bicyclic) bond motifs is 1. The Labute approximate surface area is 220 Å². The van der Waals surface area contributed by atoms with Crippen LogP contribution in [0.4, 0.5) is 18.9 Å². The maximum absolute atomic E-state index is 12.8. The molecular weight excluding hydrogens is 521 g/mol. The predicted octanol–water partition coefficient (Wildman–Crippen LogP) is 1.90. The average molecular weight is 551 g/mol. The summed E-state index contributed by atoms with van der Waals surface area (Å²) in [5.41, 5.74) is -2.84. The Morgan fingerprint density at radius 1 is 1.18 bits per heavy atom. The lowest BCUT2D eigenvalue weighted by atomic mass is 9.87. The maximum Gasteiger partial charge on any atom is 0.416 e. The van der Waals surface area contributed by atoms with Crippen LogP contribution < -0.4 is 16.6 Å². The number of alkyl halides is 3.